The second kappa shape index (κ2) is 7.74. The second-order valence-electron chi connectivity index (χ2n) is 8.41. The highest BCUT2D eigenvalue weighted by Crippen LogP contribution is 2.36. The van der Waals surface area contributed by atoms with Gasteiger partial charge in [-0.25, -0.2) is 4.98 Å². The number of hydrogen-bond acceptors (Lipinski definition) is 6. The average Bonchev–Trinajstić information content (AvgIpc) is 3.42. The van der Waals surface area contributed by atoms with Crippen molar-refractivity contribution in [2.24, 2.45) is 0 Å². The van der Waals surface area contributed by atoms with Gasteiger partial charge in [-0.1, -0.05) is 6.07 Å². The number of H-pyrrole nitrogens is 1. The number of aliphatic hydroxyl groups is 1. The average molecular weight is 406 g/mol. The lowest BCUT2D eigenvalue weighted by molar-refractivity contribution is 0.277. The number of fused-ring (bicyclic) bond motifs is 2. The molecule has 2 unspecified atom stereocenters. The molecule has 2 atom stereocenters. The Morgan fingerprint density at radius 1 is 1.07 bits per heavy atom. The van der Waals surface area contributed by atoms with Crippen molar-refractivity contribution in [3.05, 3.63) is 48.4 Å². The molecule has 7 nitrogen and oxygen atoms in total. The molecule has 0 aliphatic carbocycles. The molecule has 0 amide bonds. The first-order valence-corrected chi connectivity index (χ1v) is 10.5. The number of aliphatic hydroxyl groups excluding tert-OH is 1. The number of nitrogens with zero attached hydrogens (tertiary/aromatic N) is 3. The van der Waals surface area contributed by atoms with Crippen LogP contribution in [-0.4, -0.2) is 50.6 Å². The number of phenols is 1. The predicted molar refractivity (Wildman–Crippen MR) is 116 cm³/mol. The van der Waals surface area contributed by atoms with Crippen LogP contribution in [0, 0.1) is 0 Å². The van der Waals surface area contributed by atoms with Crippen LogP contribution in [0.25, 0.3) is 22.3 Å². The van der Waals surface area contributed by atoms with Gasteiger partial charge < -0.3 is 20.4 Å². The number of aromatic hydroxyl groups is 1. The van der Waals surface area contributed by atoms with Crippen molar-refractivity contribution in [2.75, 3.05) is 11.9 Å². The standard InChI is InChI=1S/C23H27N5O2/c1-28(18-9-16-3-4-17(10-18)26-16)23-7-6-19(21(13-29)27-23)20-5-2-14(8-22(20)30)15-11-24-25-12-15/h2,5-8,11-12,16-18,26,29-30H,3-4,9-10,13H2,1H3,(H,24,25). The van der Waals surface area contributed by atoms with Gasteiger partial charge in [0.25, 0.3) is 0 Å². The van der Waals surface area contributed by atoms with Crippen molar-refractivity contribution in [1.82, 2.24) is 20.5 Å². The van der Waals surface area contributed by atoms with Crippen molar-refractivity contribution in [2.45, 2.75) is 50.4 Å². The highest BCUT2D eigenvalue weighted by atomic mass is 16.3. The molecular formula is C23H27N5O2. The molecule has 0 radical (unpaired) electrons. The molecule has 3 aromatic rings. The molecule has 2 aliphatic rings. The van der Waals surface area contributed by atoms with E-state index in [4.69, 9.17) is 4.98 Å². The molecule has 2 aliphatic heterocycles. The summed E-state index contributed by atoms with van der Waals surface area (Å²) in [6.45, 7) is -0.183. The van der Waals surface area contributed by atoms with Crippen LogP contribution in [0.5, 0.6) is 5.75 Å². The lowest BCUT2D eigenvalue weighted by Gasteiger charge is -2.36. The maximum absolute atomic E-state index is 10.7. The summed E-state index contributed by atoms with van der Waals surface area (Å²) in [4.78, 5) is 7.00. The van der Waals surface area contributed by atoms with Gasteiger partial charge in [0.2, 0.25) is 0 Å². The third kappa shape index (κ3) is 3.44. The Morgan fingerprint density at radius 3 is 2.50 bits per heavy atom. The van der Waals surface area contributed by atoms with Crippen LogP contribution >= 0.6 is 0 Å². The van der Waals surface area contributed by atoms with Gasteiger partial charge in [0, 0.05) is 48.1 Å². The summed E-state index contributed by atoms with van der Waals surface area (Å²) in [5, 5.41) is 31.1. The number of pyridine rings is 1. The molecule has 2 saturated heterocycles. The Morgan fingerprint density at radius 2 is 1.83 bits per heavy atom. The van der Waals surface area contributed by atoms with Gasteiger partial charge in [0.05, 0.1) is 18.5 Å². The molecule has 2 fully saturated rings. The molecule has 0 saturated carbocycles. The number of aromatic amines is 1. The zero-order chi connectivity index (χ0) is 20.7. The molecule has 1 aromatic carbocycles. The smallest absolute Gasteiger partial charge is 0.128 e. The van der Waals surface area contributed by atoms with E-state index in [-0.39, 0.29) is 12.4 Å². The van der Waals surface area contributed by atoms with E-state index in [1.54, 1.807) is 18.5 Å². The summed E-state index contributed by atoms with van der Waals surface area (Å²) < 4.78 is 0. The lowest BCUT2D eigenvalue weighted by Crippen LogP contribution is -2.47. The predicted octanol–water partition coefficient (Wildman–Crippen LogP) is 3.06. The first kappa shape index (κ1) is 19.1. The van der Waals surface area contributed by atoms with E-state index in [0.29, 0.717) is 29.4 Å². The third-order valence-electron chi connectivity index (χ3n) is 6.59. The Kier molecular flexibility index (Phi) is 4.92. The quantitative estimate of drug-likeness (QED) is 0.521. The molecule has 156 valence electrons. The second-order valence-corrected chi connectivity index (χ2v) is 8.41. The van der Waals surface area contributed by atoms with E-state index in [1.807, 2.05) is 24.3 Å². The summed E-state index contributed by atoms with van der Waals surface area (Å²) >= 11 is 0. The Bertz CT molecular complexity index is 1020. The number of anilines is 1. The maximum Gasteiger partial charge on any atom is 0.128 e. The summed E-state index contributed by atoms with van der Waals surface area (Å²) in [5.74, 6) is 1.02. The van der Waals surface area contributed by atoms with Crippen LogP contribution in [0.15, 0.2) is 42.7 Å². The zero-order valence-corrected chi connectivity index (χ0v) is 17.0. The molecule has 4 heterocycles. The largest absolute Gasteiger partial charge is 0.507 e. The van der Waals surface area contributed by atoms with Crippen molar-refractivity contribution in [1.29, 1.82) is 0 Å². The van der Waals surface area contributed by atoms with Crippen LogP contribution in [0.1, 0.15) is 31.4 Å². The first-order valence-electron chi connectivity index (χ1n) is 10.5. The molecule has 4 N–H and O–H groups in total. The number of piperidine rings is 1. The van der Waals surface area contributed by atoms with Gasteiger partial charge in [-0.3, -0.25) is 5.10 Å². The fraction of sp³-hybridized carbons (Fsp3) is 0.391. The zero-order valence-electron chi connectivity index (χ0n) is 17.0. The van der Waals surface area contributed by atoms with E-state index in [9.17, 15) is 10.2 Å². The molecular weight excluding hydrogens is 378 g/mol. The summed E-state index contributed by atoms with van der Waals surface area (Å²) in [7, 11) is 2.09. The van der Waals surface area contributed by atoms with E-state index in [2.05, 4.69) is 27.5 Å². The van der Waals surface area contributed by atoms with Crippen molar-refractivity contribution >= 4 is 5.82 Å². The van der Waals surface area contributed by atoms with Gasteiger partial charge >= 0.3 is 0 Å². The molecule has 0 spiro atoms. The maximum atomic E-state index is 10.7. The first-order chi connectivity index (χ1) is 14.6. The summed E-state index contributed by atoms with van der Waals surface area (Å²) in [6.07, 6.45) is 8.27. The molecule has 5 rings (SSSR count). The van der Waals surface area contributed by atoms with Crippen molar-refractivity contribution < 1.29 is 10.2 Å². The molecule has 7 heteroatoms. The minimum atomic E-state index is -0.183. The topological polar surface area (TPSA) is 97.3 Å². The number of aromatic nitrogens is 3. The molecule has 2 bridgehead atoms. The van der Waals surface area contributed by atoms with Gasteiger partial charge in [-0.05, 0) is 55.5 Å². The van der Waals surface area contributed by atoms with Crippen molar-refractivity contribution in [3.8, 4) is 28.0 Å². The highest BCUT2D eigenvalue weighted by molar-refractivity contribution is 5.77. The van der Waals surface area contributed by atoms with Crippen molar-refractivity contribution in [3.63, 3.8) is 0 Å². The SMILES string of the molecule is CN(c1ccc(-c2ccc(-c3cn[nH]c3)cc2O)c(CO)n1)C1CC2CCC(C1)N2. The summed E-state index contributed by atoms with van der Waals surface area (Å²) in [5.41, 5.74) is 3.76. The number of phenolic OH excluding ortho intramolecular Hbond substituents is 1. The third-order valence-corrected chi connectivity index (χ3v) is 6.59. The number of hydrogen-bond donors (Lipinski definition) is 4. The lowest BCUT2D eigenvalue weighted by atomic mass is 9.97. The van der Waals surface area contributed by atoms with Gasteiger partial charge in [-0.2, -0.15) is 5.10 Å². The van der Waals surface area contributed by atoms with Crippen LogP contribution < -0.4 is 10.2 Å². The number of nitrogens with one attached hydrogen (secondary N) is 2. The molecule has 2 aromatic heterocycles. The summed E-state index contributed by atoms with van der Waals surface area (Å²) in [6, 6.07) is 11.1. The van der Waals surface area contributed by atoms with E-state index < -0.39 is 0 Å². The van der Waals surface area contributed by atoms with Crippen LogP contribution in [-0.2, 0) is 6.61 Å². The fourth-order valence-corrected chi connectivity index (χ4v) is 4.93. The highest BCUT2D eigenvalue weighted by Gasteiger charge is 2.35. The number of rotatable bonds is 5. The van der Waals surface area contributed by atoms with E-state index in [1.165, 1.54) is 12.8 Å². The van der Waals surface area contributed by atoms with Crippen LogP contribution in [0.4, 0.5) is 5.82 Å². The Hall–Kier alpha value is -2.90. The normalized spacial score (nSPS) is 22.9. The van der Waals surface area contributed by atoms with E-state index >= 15 is 0 Å². The van der Waals surface area contributed by atoms with Gasteiger partial charge in [0.1, 0.15) is 11.6 Å². The van der Waals surface area contributed by atoms with Gasteiger partial charge in [0.15, 0.2) is 0 Å². The number of benzene rings is 1. The Labute approximate surface area is 175 Å². The molecule has 30 heavy (non-hydrogen) atoms. The van der Waals surface area contributed by atoms with Crippen LogP contribution in [0.2, 0.25) is 0 Å². The van der Waals surface area contributed by atoms with Crippen LogP contribution in [0.3, 0.4) is 0 Å². The Balaban J connectivity index is 1.43. The van der Waals surface area contributed by atoms with Gasteiger partial charge in [-0.15, -0.1) is 0 Å². The van der Waals surface area contributed by atoms with E-state index in [0.717, 1.165) is 35.3 Å². The minimum Gasteiger partial charge on any atom is -0.507 e. The fourth-order valence-electron chi connectivity index (χ4n) is 4.93. The monoisotopic (exact) mass is 405 g/mol. The minimum absolute atomic E-state index is 0.154.